The molecule has 14 nitrogen and oxygen atoms in total. The molecule has 0 fully saturated rings. The van der Waals surface area contributed by atoms with Crippen molar-refractivity contribution in [2.75, 3.05) is 26.4 Å². The highest BCUT2D eigenvalue weighted by molar-refractivity contribution is 5.71. The van der Waals surface area contributed by atoms with Crippen LogP contribution in [-0.2, 0) is 24.0 Å². The molecule has 0 saturated heterocycles. The molecule has 0 spiro atoms. The summed E-state index contributed by atoms with van der Waals surface area (Å²) in [6.45, 7) is 18.9. The normalized spacial score (nSPS) is 12.7. The second kappa shape index (κ2) is 65.5. The molecule has 0 aromatic carbocycles. The first-order valence-corrected chi connectivity index (χ1v) is 30.4. The minimum absolute atomic E-state index is 0.0933. The van der Waals surface area contributed by atoms with E-state index in [-0.39, 0.29) is 29.6 Å². The fraction of sp³-hybridized carbons (Fsp3) is 0.918. The highest BCUT2D eigenvalue weighted by Crippen LogP contribution is 2.20. The Bertz CT molecular complexity index is 1090. The maximum Gasteiger partial charge on any atom is 0.306 e. The molecule has 75 heavy (non-hydrogen) atoms. The molecule has 0 aromatic rings. The summed E-state index contributed by atoms with van der Waals surface area (Å²) in [5.41, 5.74) is -1.11. The lowest BCUT2D eigenvalue weighted by Crippen LogP contribution is -2.37. The van der Waals surface area contributed by atoms with Crippen LogP contribution in [0.25, 0.3) is 0 Å². The molecule has 452 valence electrons. The van der Waals surface area contributed by atoms with Crippen LogP contribution in [0.2, 0.25) is 0 Å². The zero-order valence-corrected chi connectivity index (χ0v) is 50.2. The highest BCUT2D eigenvalue weighted by Gasteiger charge is 2.26. The molecule has 0 radical (unpaired) electrons. The van der Waals surface area contributed by atoms with Crippen molar-refractivity contribution in [2.45, 2.75) is 300 Å². The predicted molar refractivity (Wildman–Crippen MR) is 309 cm³/mol. The van der Waals surface area contributed by atoms with Gasteiger partial charge >= 0.3 is 29.8 Å². The van der Waals surface area contributed by atoms with Gasteiger partial charge in [0.1, 0.15) is 0 Å². The Balaban J connectivity index is -0.000000204. The third-order valence-electron chi connectivity index (χ3n) is 14.0. The van der Waals surface area contributed by atoms with Crippen molar-refractivity contribution in [2.24, 2.45) is 35.0 Å². The monoisotopic (exact) mass is 1080 g/mol. The van der Waals surface area contributed by atoms with E-state index >= 15 is 0 Å². The quantitative estimate of drug-likeness (QED) is 0.0257. The van der Waals surface area contributed by atoms with Gasteiger partial charge in [-0.3, -0.25) is 24.0 Å². The second-order valence-electron chi connectivity index (χ2n) is 20.7. The summed E-state index contributed by atoms with van der Waals surface area (Å²) in [7, 11) is 0. The van der Waals surface area contributed by atoms with Crippen molar-refractivity contribution in [3.05, 3.63) is 0 Å². The third kappa shape index (κ3) is 60.3. The van der Waals surface area contributed by atoms with Crippen LogP contribution in [0.1, 0.15) is 300 Å². The molecule has 0 saturated carbocycles. The number of hydrogen-bond acceptors (Lipinski definition) is 9. The van der Waals surface area contributed by atoms with Crippen LogP contribution in [-0.4, -0.2) is 102 Å². The summed E-state index contributed by atoms with van der Waals surface area (Å²) < 4.78 is 0. The number of carbonyl (C=O) groups is 5. The van der Waals surface area contributed by atoms with E-state index in [9.17, 15) is 29.1 Å². The number of unbranched alkanes of at least 4 members (excludes halogenated alkanes) is 20. The minimum Gasteiger partial charge on any atom is -0.481 e. The Hall–Kier alpha value is -2.81. The minimum atomic E-state index is -1.11. The molecule has 5 atom stereocenters. The standard InChI is InChI=1S/C24H48O2.4C8H16O2.C5H12O4/c1-3-5-7-9-10-11-12-13-14-15-16-17-18-20-22-23(24(25)26)21-19-8-6-4-2;4*1-3-5-6-7(4-2)8(9)10;6-1-5(2-7,3-8)4-9/h23H,3-22H2,1-2H3,(H,25,26);4*7H,3-6H2,1-2H3,(H,9,10);6-9H,1-4H2. The van der Waals surface area contributed by atoms with Crippen LogP contribution in [0.15, 0.2) is 0 Å². The lowest BCUT2D eigenvalue weighted by molar-refractivity contribution is -0.143. The van der Waals surface area contributed by atoms with E-state index in [2.05, 4.69) is 41.5 Å². The number of aliphatic hydroxyl groups excluding tert-OH is 4. The molecule has 0 bridgehead atoms. The number of aliphatic carboxylic acids is 5. The van der Waals surface area contributed by atoms with Crippen LogP contribution in [0.5, 0.6) is 0 Å². The first kappa shape index (κ1) is 83.5. The van der Waals surface area contributed by atoms with Gasteiger partial charge in [-0.2, -0.15) is 0 Å². The number of aliphatic hydroxyl groups is 4. The Morgan fingerprint density at radius 2 is 0.413 bits per heavy atom. The molecule has 0 aliphatic heterocycles. The van der Waals surface area contributed by atoms with E-state index in [0.717, 1.165) is 128 Å². The van der Waals surface area contributed by atoms with Crippen molar-refractivity contribution >= 4 is 29.8 Å². The lowest BCUT2D eigenvalue weighted by Gasteiger charge is -2.23. The van der Waals surface area contributed by atoms with E-state index in [1.807, 2.05) is 27.7 Å². The Kier molecular flexibility index (Phi) is 72.9. The van der Waals surface area contributed by atoms with E-state index in [1.54, 1.807) is 0 Å². The Morgan fingerprint density at radius 1 is 0.253 bits per heavy atom. The number of hydrogen-bond donors (Lipinski definition) is 9. The summed E-state index contributed by atoms with van der Waals surface area (Å²) in [6, 6.07) is 0. The van der Waals surface area contributed by atoms with Crippen molar-refractivity contribution in [1.82, 2.24) is 0 Å². The first-order valence-electron chi connectivity index (χ1n) is 30.4. The Morgan fingerprint density at radius 3 is 0.560 bits per heavy atom. The average molecular weight is 1080 g/mol. The van der Waals surface area contributed by atoms with Crippen molar-refractivity contribution in [3.8, 4) is 0 Å². The second-order valence-corrected chi connectivity index (χ2v) is 20.7. The molecular weight excluding hydrogens is 957 g/mol. The maximum absolute atomic E-state index is 11.3. The van der Waals surface area contributed by atoms with Crippen LogP contribution in [0, 0.1) is 35.0 Å². The van der Waals surface area contributed by atoms with Crippen LogP contribution < -0.4 is 0 Å². The van der Waals surface area contributed by atoms with Gasteiger partial charge in [-0.25, -0.2) is 0 Å². The van der Waals surface area contributed by atoms with Crippen molar-refractivity contribution in [3.63, 3.8) is 0 Å². The topological polar surface area (TPSA) is 267 Å². The molecule has 0 aromatic heterocycles. The van der Waals surface area contributed by atoms with Crippen LogP contribution >= 0.6 is 0 Å². The lowest BCUT2D eigenvalue weighted by atomic mass is 9.93. The van der Waals surface area contributed by atoms with Gasteiger partial charge in [0.25, 0.3) is 0 Å². The molecule has 0 amide bonds. The van der Waals surface area contributed by atoms with E-state index < -0.39 is 61.7 Å². The molecule has 9 N–H and O–H groups in total. The SMILES string of the molecule is CCCCC(CC)C(=O)O.CCCCC(CC)C(=O)O.CCCCC(CC)C(=O)O.CCCCC(CC)C(=O)O.CCCCCCCCCCCCCCCCC(CCCCCC)C(=O)O.OCC(CO)(CO)CO. The van der Waals surface area contributed by atoms with Gasteiger partial charge in [0.05, 0.1) is 61.4 Å². The van der Waals surface area contributed by atoms with Crippen molar-refractivity contribution < 1.29 is 69.9 Å². The van der Waals surface area contributed by atoms with Gasteiger partial charge in [0.2, 0.25) is 0 Å². The maximum atomic E-state index is 11.3. The highest BCUT2D eigenvalue weighted by atomic mass is 16.4. The summed E-state index contributed by atoms with van der Waals surface area (Å²) in [5.74, 6) is -3.68. The third-order valence-corrected chi connectivity index (χ3v) is 14.0. The molecule has 0 heterocycles. The van der Waals surface area contributed by atoms with Gasteiger partial charge in [-0.05, 0) is 64.2 Å². The zero-order valence-electron chi connectivity index (χ0n) is 50.2. The molecule has 0 aliphatic rings. The largest absolute Gasteiger partial charge is 0.481 e. The predicted octanol–water partition coefficient (Wildman–Crippen LogP) is 15.6. The van der Waals surface area contributed by atoms with E-state index in [4.69, 9.17) is 40.9 Å². The molecule has 0 aliphatic carbocycles. The van der Waals surface area contributed by atoms with Crippen molar-refractivity contribution in [1.29, 1.82) is 0 Å². The number of carboxylic acids is 5. The van der Waals surface area contributed by atoms with Gasteiger partial charge < -0.3 is 46.0 Å². The van der Waals surface area contributed by atoms with E-state index in [0.29, 0.717) is 0 Å². The molecule has 5 unspecified atom stereocenters. The van der Waals surface area contributed by atoms with Gasteiger partial charge in [-0.15, -0.1) is 0 Å². The number of rotatable bonds is 45. The van der Waals surface area contributed by atoms with Gasteiger partial charge in [0, 0.05) is 0 Å². The molecule has 14 heteroatoms. The summed E-state index contributed by atoms with van der Waals surface area (Å²) in [6.07, 6.45) is 40.4. The van der Waals surface area contributed by atoms with Gasteiger partial charge in [-0.1, -0.05) is 236 Å². The smallest absolute Gasteiger partial charge is 0.306 e. The van der Waals surface area contributed by atoms with Gasteiger partial charge in [0.15, 0.2) is 0 Å². The summed E-state index contributed by atoms with van der Waals surface area (Å²) >= 11 is 0. The van der Waals surface area contributed by atoms with Crippen LogP contribution in [0.4, 0.5) is 0 Å². The molecule has 0 rings (SSSR count). The average Bonchev–Trinajstić information content (AvgIpc) is 3.39. The van der Waals surface area contributed by atoms with E-state index in [1.165, 1.54) is 103 Å². The first-order chi connectivity index (χ1) is 35.8. The fourth-order valence-corrected chi connectivity index (χ4v) is 7.91. The zero-order chi connectivity index (χ0) is 58.6. The summed E-state index contributed by atoms with van der Waals surface area (Å²) in [5, 5.41) is 77.7. The van der Waals surface area contributed by atoms with Crippen LogP contribution in [0.3, 0.4) is 0 Å². The Labute approximate surface area is 460 Å². The fourth-order valence-electron chi connectivity index (χ4n) is 7.91. The summed E-state index contributed by atoms with van der Waals surface area (Å²) in [4.78, 5) is 53.1. The number of carboxylic acid groups (broad SMARTS) is 5. The molecular formula is C61H124O14.